The highest BCUT2D eigenvalue weighted by molar-refractivity contribution is 5.56. The van der Waals surface area contributed by atoms with Crippen molar-refractivity contribution < 1.29 is 9.47 Å². The second kappa shape index (κ2) is 4.34. The van der Waals surface area contributed by atoms with Crippen LogP contribution in [0.1, 0.15) is 30.5 Å². The second-order valence-electron chi connectivity index (χ2n) is 4.65. The van der Waals surface area contributed by atoms with Crippen LogP contribution < -0.4 is 15.2 Å². The van der Waals surface area contributed by atoms with Gasteiger partial charge in [-0.3, -0.25) is 0 Å². The van der Waals surface area contributed by atoms with Gasteiger partial charge in [-0.15, -0.1) is 0 Å². The average Bonchev–Trinajstić information content (AvgIpc) is 2.19. The predicted molar refractivity (Wildman–Crippen MR) is 66.2 cm³/mol. The largest absolute Gasteiger partial charge is 0.493 e. The fourth-order valence-corrected chi connectivity index (χ4v) is 1.99. The van der Waals surface area contributed by atoms with E-state index in [2.05, 4.69) is 6.92 Å². The van der Waals surface area contributed by atoms with Crippen molar-refractivity contribution in [1.29, 1.82) is 0 Å². The number of hydrogen-bond acceptors (Lipinski definition) is 3. The first-order valence-corrected chi connectivity index (χ1v) is 5.34. The zero-order valence-electron chi connectivity index (χ0n) is 11.0. The summed E-state index contributed by atoms with van der Waals surface area (Å²) in [6.45, 7) is 8.04. The molecule has 90 valence electrons. The Balaban J connectivity index is 3.60. The van der Waals surface area contributed by atoms with Crippen LogP contribution in [0.15, 0.2) is 6.07 Å². The number of methoxy groups -OCH3 is 2. The summed E-state index contributed by atoms with van der Waals surface area (Å²) >= 11 is 0. The topological polar surface area (TPSA) is 44.5 Å². The summed E-state index contributed by atoms with van der Waals surface area (Å²) < 4.78 is 10.8. The second-order valence-corrected chi connectivity index (χ2v) is 4.65. The molecule has 0 aromatic heterocycles. The van der Waals surface area contributed by atoms with E-state index >= 15 is 0 Å². The van der Waals surface area contributed by atoms with Gasteiger partial charge in [0.2, 0.25) is 0 Å². The first-order valence-electron chi connectivity index (χ1n) is 5.34. The Bertz CT molecular complexity index is 392. The number of ether oxygens (including phenoxy) is 2. The van der Waals surface area contributed by atoms with Gasteiger partial charge >= 0.3 is 0 Å². The minimum atomic E-state index is -0.450. The Morgan fingerprint density at radius 1 is 1.12 bits per heavy atom. The molecule has 1 aromatic carbocycles. The van der Waals surface area contributed by atoms with E-state index in [-0.39, 0.29) is 0 Å². The van der Waals surface area contributed by atoms with Crippen LogP contribution in [0.2, 0.25) is 0 Å². The molecule has 1 rings (SSSR count). The van der Waals surface area contributed by atoms with Crippen LogP contribution >= 0.6 is 0 Å². The van der Waals surface area contributed by atoms with E-state index in [0.717, 1.165) is 28.2 Å². The molecule has 0 radical (unpaired) electrons. The Morgan fingerprint density at radius 3 is 2.06 bits per heavy atom. The molecule has 3 nitrogen and oxygen atoms in total. The summed E-state index contributed by atoms with van der Waals surface area (Å²) in [4.78, 5) is 0. The molecular formula is C13H21NO2. The van der Waals surface area contributed by atoms with E-state index in [9.17, 15) is 0 Å². The molecule has 0 aliphatic carbocycles. The molecule has 0 atom stereocenters. The van der Waals surface area contributed by atoms with Gasteiger partial charge in [0.15, 0.2) is 11.5 Å². The molecular weight excluding hydrogens is 202 g/mol. The number of benzene rings is 1. The van der Waals surface area contributed by atoms with Crippen molar-refractivity contribution in [1.82, 2.24) is 0 Å². The van der Waals surface area contributed by atoms with E-state index in [1.165, 1.54) is 0 Å². The highest BCUT2D eigenvalue weighted by atomic mass is 16.5. The normalized spacial score (nSPS) is 11.4. The lowest BCUT2D eigenvalue weighted by atomic mass is 9.88. The maximum Gasteiger partial charge on any atom is 0.166 e. The average molecular weight is 223 g/mol. The smallest absolute Gasteiger partial charge is 0.166 e. The molecule has 0 spiro atoms. The van der Waals surface area contributed by atoms with E-state index < -0.39 is 5.54 Å². The van der Waals surface area contributed by atoms with E-state index in [4.69, 9.17) is 15.2 Å². The molecule has 0 aliphatic heterocycles. The summed E-state index contributed by atoms with van der Waals surface area (Å²) in [6.07, 6.45) is 0. The van der Waals surface area contributed by atoms with Crippen LogP contribution in [0.25, 0.3) is 0 Å². The van der Waals surface area contributed by atoms with Crippen molar-refractivity contribution in [3.63, 3.8) is 0 Å². The number of hydrogen-bond donors (Lipinski definition) is 1. The van der Waals surface area contributed by atoms with Crippen LogP contribution in [-0.2, 0) is 5.54 Å². The van der Waals surface area contributed by atoms with Crippen molar-refractivity contribution >= 4 is 0 Å². The molecule has 1 aromatic rings. The van der Waals surface area contributed by atoms with E-state index in [1.807, 2.05) is 26.8 Å². The molecule has 2 N–H and O–H groups in total. The highest BCUT2D eigenvalue weighted by Gasteiger charge is 2.25. The van der Waals surface area contributed by atoms with Gasteiger partial charge in [0, 0.05) is 11.1 Å². The lowest BCUT2D eigenvalue weighted by Crippen LogP contribution is -2.30. The molecule has 16 heavy (non-hydrogen) atoms. The predicted octanol–water partition coefficient (Wildman–Crippen LogP) is 2.51. The summed E-state index contributed by atoms with van der Waals surface area (Å²) in [5.74, 6) is 1.47. The molecule has 0 amide bonds. The van der Waals surface area contributed by atoms with Gasteiger partial charge in [-0.1, -0.05) is 0 Å². The van der Waals surface area contributed by atoms with Crippen molar-refractivity contribution in [2.45, 2.75) is 33.2 Å². The Labute approximate surface area is 97.6 Å². The van der Waals surface area contributed by atoms with E-state index in [0.29, 0.717) is 0 Å². The van der Waals surface area contributed by atoms with E-state index in [1.54, 1.807) is 14.2 Å². The molecule has 0 fully saturated rings. The third kappa shape index (κ3) is 2.14. The fourth-order valence-electron chi connectivity index (χ4n) is 1.99. The third-order valence-electron chi connectivity index (χ3n) is 2.83. The van der Waals surface area contributed by atoms with Crippen molar-refractivity contribution in [3.05, 3.63) is 22.8 Å². The molecule has 0 unspecified atom stereocenters. The standard InChI is InChI=1S/C13H21NO2/c1-8-7-10(15-5)12(16-6)11(9(8)2)13(3,4)14/h7H,14H2,1-6H3. The summed E-state index contributed by atoms with van der Waals surface area (Å²) in [7, 11) is 3.28. The van der Waals surface area contributed by atoms with Crippen LogP contribution in [0.4, 0.5) is 0 Å². The Kier molecular flexibility index (Phi) is 3.48. The van der Waals surface area contributed by atoms with Crippen LogP contribution in [0, 0.1) is 13.8 Å². The maximum absolute atomic E-state index is 6.19. The van der Waals surface area contributed by atoms with Gasteiger partial charge in [0.1, 0.15) is 0 Å². The van der Waals surface area contributed by atoms with Crippen molar-refractivity contribution in [2.75, 3.05) is 14.2 Å². The maximum atomic E-state index is 6.19. The molecule has 0 bridgehead atoms. The molecule has 0 aliphatic rings. The number of rotatable bonds is 3. The fraction of sp³-hybridized carbons (Fsp3) is 0.538. The van der Waals surface area contributed by atoms with Gasteiger partial charge in [0.25, 0.3) is 0 Å². The SMILES string of the molecule is COc1cc(C)c(C)c(C(C)(C)N)c1OC. The van der Waals surface area contributed by atoms with Crippen LogP contribution in [0.3, 0.4) is 0 Å². The van der Waals surface area contributed by atoms with Gasteiger partial charge < -0.3 is 15.2 Å². The Hall–Kier alpha value is -1.22. The quantitative estimate of drug-likeness (QED) is 0.856. The minimum absolute atomic E-state index is 0.450. The summed E-state index contributed by atoms with van der Waals surface area (Å²) in [5.41, 5.74) is 9.06. The zero-order chi connectivity index (χ0) is 12.5. The lowest BCUT2D eigenvalue weighted by Gasteiger charge is -2.26. The van der Waals surface area contributed by atoms with Gasteiger partial charge in [-0.05, 0) is 44.9 Å². The molecule has 0 heterocycles. The monoisotopic (exact) mass is 223 g/mol. The molecule has 0 saturated carbocycles. The van der Waals surface area contributed by atoms with Crippen LogP contribution in [0.5, 0.6) is 11.5 Å². The summed E-state index contributed by atoms with van der Waals surface area (Å²) in [5, 5.41) is 0. The lowest BCUT2D eigenvalue weighted by molar-refractivity contribution is 0.342. The van der Waals surface area contributed by atoms with Crippen molar-refractivity contribution in [3.8, 4) is 11.5 Å². The highest BCUT2D eigenvalue weighted by Crippen LogP contribution is 2.40. The minimum Gasteiger partial charge on any atom is -0.493 e. The molecule has 0 saturated heterocycles. The third-order valence-corrected chi connectivity index (χ3v) is 2.83. The van der Waals surface area contributed by atoms with Crippen molar-refractivity contribution in [2.24, 2.45) is 5.73 Å². The first-order chi connectivity index (χ1) is 7.32. The number of nitrogens with two attached hydrogens (primary N) is 1. The van der Waals surface area contributed by atoms with Gasteiger partial charge in [-0.2, -0.15) is 0 Å². The Morgan fingerprint density at radius 2 is 1.69 bits per heavy atom. The zero-order valence-corrected chi connectivity index (χ0v) is 11.0. The van der Waals surface area contributed by atoms with Gasteiger partial charge in [0.05, 0.1) is 14.2 Å². The van der Waals surface area contributed by atoms with Gasteiger partial charge in [-0.25, -0.2) is 0 Å². The van der Waals surface area contributed by atoms with Crippen LogP contribution in [-0.4, -0.2) is 14.2 Å². The molecule has 3 heteroatoms. The summed E-state index contributed by atoms with van der Waals surface area (Å²) in [6, 6.07) is 1.98. The number of aryl methyl sites for hydroxylation is 1. The first kappa shape index (κ1) is 12.8.